The first kappa shape index (κ1) is 14.8. The van der Waals surface area contributed by atoms with E-state index in [1.165, 1.54) is 9.13 Å². The molecule has 0 aliphatic carbocycles. The number of rotatable bonds is 5. The molecule has 0 saturated carbocycles. The summed E-state index contributed by atoms with van der Waals surface area (Å²) in [5.41, 5.74) is 2.24. The third kappa shape index (κ3) is 3.30. The average Bonchev–Trinajstić information content (AvgIpc) is 2.74. The minimum absolute atomic E-state index is 0.0660. The second-order valence-electron chi connectivity index (χ2n) is 4.38. The number of nitrogens with zero attached hydrogens (tertiary/aromatic N) is 2. The Kier molecular flexibility index (Phi) is 5.24. The van der Waals surface area contributed by atoms with Crippen molar-refractivity contribution in [3.05, 3.63) is 50.3 Å². The Bertz CT molecular complexity index is 553. The lowest BCUT2D eigenvalue weighted by Gasteiger charge is -2.19. The topological polar surface area (TPSA) is 29.9 Å². The molecule has 0 aliphatic rings. The van der Waals surface area contributed by atoms with Crippen LogP contribution in [0.25, 0.3) is 0 Å². The fraction of sp³-hybridized carbons (Fsp3) is 0.357. The minimum Gasteiger partial charge on any atom is -0.308 e. The number of aryl methyl sites for hydroxylation is 1. The monoisotopic (exact) mass is 389 g/mol. The summed E-state index contributed by atoms with van der Waals surface area (Å²) in [5.74, 6) is 0. The van der Waals surface area contributed by atoms with Crippen LogP contribution in [-0.2, 0) is 6.54 Å². The zero-order valence-electron chi connectivity index (χ0n) is 11.0. The van der Waals surface area contributed by atoms with Gasteiger partial charge in [-0.2, -0.15) is 5.10 Å². The summed E-state index contributed by atoms with van der Waals surface area (Å²) in [6.45, 7) is 3.02. The molecule has 1 N–H and O–H groups in total. The maximum absolute atomic E-state index is 6.32. The van der Waals surface area contributed by atoms with E-state index in [0.717, 1.165) is 18.7 Å². The summed E-state index contributed by atoms with van der Waals surface area (Å²) in [6.07, 6.45) is 2.76. The molecule has 5 heteroatoms. The van der Waals surface area contributed by atoms with Gasteiger partial charge in [0.1, 0.15) is 0 Å². The number of benzene rings is 1. The van der Waals surface area contributed by atoms with Gasteiger partial charge in [0.25, 0.3) is 0 Å². The molecule has 1 atom stereocenters. The minimum atomic E-state index is 0.0660. The first-order chi connectivity index (χ1) is 9.17. The molecule has 102 valence electrons. The molecule has 1 unspecified atom stereocenters. The maximum atomic E-state index is 6.32. The molecule has 0 radical (unpaired) electrons. The second-order valence-corrected chi connectivity index (χ2v) is 6.03. The fourth-order valence-corrected chi connectivity index (χ4v) is 3.01. The van der Waals surface area contributed by atoms with Gasteiger partial charge in [-0.05, 0) is 53.8 Å². The van der Waals surface area contributed by atoms with E-state index >= 15 is 0 Å². The molecule has 0 bridgehead atoms. The summed E-state index contributed by atoms with van der Waals surface area (Å²) >= 11 is 8.64. The van der Waals surface area contributed by atoms with E-state index in [1.54, 1.807) is 6.20 Å². The quantitative estimate of drug-likeness (QED) is 0.787. The van der Waals surface area contributed by atoms with Gasteiger partial charge < -0.3 is 5.32 Å². The molecule has 3 nitrogen and oxygen atoms in total. The number of halogens is 2. The normalized spacial score (nSPS) is 12.6. The Hall–Kier alpha value is -0.590. The molecule has 19 heavy (non-hydrogen) atoms. The molecule has 0 saturated heterocycles. The largest absolute Gasteiger partial charge is 0.308 e. The van der Waals surface area contributed by atoms with Crippen LogP contribution in [0.4, 0.5) is 0 Å². The molecular formula is C14H17ClIN3. The zero-order valence-corrected chi connectivity index (χ0v) is 13.9. The highest BCUT2D eigenvalue weighted by atomic mass is 127. The smallest absolute Gasteiger partial charge is 0.0837 e. The highest BCUT2D eigenvalue weighted by Crippen LogP contribution is 2.29. The maximum Gasteiger partial charge on any atom is 0.0837 e. The molecule has 2 aromatic rings. The van der Waals surface area contributed by atoms with E-state index in [4.69, 9.17) is 11.6 Å². The third-order valence-electron chi connectivity index (χ3n) is 3.01. The Morgan fingerprint density at radius 2 is 2.26 bits per heavy atom. The van der Waals surface area contributed by atoms with Crippen molar-refractivity contribution in [1.29, 1.82) is 0 Å². The van der Waals surface area contributed by atoms with Crippen molar-refractivity contribution >= 4 is 34.2 Å². The molecule has 0 amide bonds. The van der Waals surface area contributed by atoms with Crippen LogP contribution in [0.3, 0.4) is 0 Å². The summed E-state index contributed by atoms with van der Waals surface area (Å²) in [6, 6.07) is 8.50. The summed E-state index contributed by atoms with van der Waals surface area (Å²) in [5, 5.41) is 8.42. The highest BCUT2D eigenvalue weighted by Gasteiger charge is 2.20. The molecule has 1 aromatic heterocycles. The predicted molar refractivity (Wildman–Crippen MR) is 87.6 cm³/mol. The third-order valence-corrected chi connectivity index (χ3v) is 3.97. The van der Waals surface area contributed by atoms with Crippen LogP contribution < -0.4 is 5.32 Å². The van der Waals surface area contributed by atoms with Crippen LogP contribution in [0.2, 0.25) is 5.02 Å². The van der Waals surface area contributed by atoms with E-state index in [-0.39, 0.29) is 6.04 Å². The van der Waals surface area contributed by atoms with Gasteiger partial charge in [0, 0.05) is 10.1 Å². The second kappa shape index (κ2) is 6.72. The van der Waals surface area contributed by atoms with E-state index < -0.39 is 0 Å². The molecule has 0 spiro atoms. The van der Waals surface area contributed by atoms with Gasteiger partial charge >= 0.3 is 0 Å². The van der Waals surface area contributed by atoms with E-state index in [9.17, 15) is 0 Å². The molecular weight excluding hydrogens is 373 g/mol. The van der Waals surface area contributed by atoms with Crippen LogP contribution in [0, 0.1) is 3.57 Å². The van der Waals surface area contributed by atoms with Crippen LogP contribution in [0.15, 0.2) is 30.5 Å². The first-order valence-corrected chi connectivity index (χ1v) is 7.77. The van der Waals surface area contributed by atoms with Gasteiger partial charge in [-0.1, -0.05) is 30.7 Å². The summed E-state index contributed by atoms with van der Waals surface area (Å²) in [7, 11) is 1.95. The van der Waals surface area contributed by atoms with Crippen molar-refractivity contribution in [2.45, 2.75) is 25.9 Å². The predicted octanol–water partition coefficient (Wildman–Crippen LogP) is 3.86. The zero-order chi connectivity index (χ0) is 13.8. The van der Waals surface area contributed by atoms with Gasteiger partial charge in [0.05, 0.1) is 23.0 Å². The van der Waals surface area contributed by atoms with Gasteiger partial charge in [-0.25, -0.2) is 0 Å². The van der Waals surface area contributed by atoms with Crippen molar-refractivity contribution in [1.82, 2.24) is 15.1 Å². The van der Waals surface area contributed by atoms with Crippen molar-refractivity contribution in [2.24, 2.45) is 0 Å². The Labute approximate surface area is 132 Å². The Balaban J connectivity index is 2.44. The van der Waals surface area contributed by atoms with E-state index in [0.29, 0.717) is 5.02 Å². The molecule has 0 aliphatic heterocycles. The van der Waals surface area contributed by atoms with Crippen molar-refractivity contribution < 1.29 is 0 Å². The average molecular weight is 390 g/mol. The van der Waals surface area contributed by atoms with Crippen molar-refractivity contribution in [2.75, 3.05) is 7.05 Å². The fourth-order valence-electron chi connectivity index (χ4n) is 2.20. The Morgan fingerprint density at radius 3 is 2.89 bits per heavy atom. The van der Waals surface area contributed by atoms with Gasteiger partial charge in [0.2, 0.25) is 0 Å². The van der Waals surface area contributed by atoms with Crippen molar-refractivity contribution in [3.8, 4) is 0 Å². The Morgan fingerprint density at radius 1 is 1.47 bits per heavy atom. The molecule has 1 heterocycles. The van der Waals surface area contributed by atoms with Crippen LogP contribution >= 0.6 is 34.2 Å². The van der Waals surface area contributed by atoms with Gasteiger partial charge in [-0.3, -0.25) is 4.68 Å². The lowest BCUT2D eigenvalue weighted by molar-refractivity contribution is 0.534. The van der Waals surface area contributed by atoms with Crippen LogP contribution in [0.1, 0.15) is 30.6 Å². The molecule has 0 fully saturated rings. The number of hydrogen-bond acceptors (Lipinski definition) is 2. The first-order valence-electron chi connectivity index (χ1n) is 6.31. The highest BCUT2D eigenvalue weighted by molar-refractivity contribution is 14.1. The summed E-state index contributed by atoms with van der Waals surface area (Å²) in [4.78, 5) is 0. The van der Waals surface area contributed by atoms with Crippen molar-refractivity contribution in [3.63, 3.8) is 0 Å². The SMILES string of the molecule is CCCn1ncc(Cl)c1C(NC)c1cccc(I)c1. The number of nitrogens with one attached hydrogen (secondary N) is 1. The number of aromatic nitrogens is 2. The molecule has 1 aromatic carbocycles. The van der Waals surface area contributed by atoms with Gasteiger partial charge in [0.15, 0.2) is 0 Å². The van der Waals surface area contributed by atoms with E-state index in [1.807, 2.05) is 11.7 Å². The van der Waals surface area contributed by atoms with Gasteiger partial charge in [-0.15, -0.1) is 0 Å². The standard InChI is InChI=1S/C14H17ClIN3/c1-3-7-19-14(12(15)9-18-19)13(17-2)10-5-4-6-11(16)8-10/h4-6,8-9,13,17H,3,7H2,1-2H3. The molecule has 2 rings (SSSR count). The van der Waals surface area contributed by atoms with Crippen LogP contribution in [-0.4, -0.2) is 16.8 Å². The lowest BCUT2D eigenvalue weighted by Crippen LogP contribution is -2.22. The summed E-state index contributed by atoms with van der Waals surface area (Å²) < 4.78 is 3.21. The lowest BCUT2D eigenvalue weighted by atomic mass is 10.0. The van der Waals surface area contributed by atoms with Crippen LogP contribution in [0.5, 0.6) is 0 Å². The van der Waals surface area contributed by atoms with E-state index in [2.05, 4.69) is 64.2 Å². The number of hydrogen-bond donors (Lipinski definition) is 1.